The number of fused-ring (bicyclic) bond motifs is 1. The van der Waals surface area contributed by atoms with Gasteiger partial charge in [-0.15, -0.1) is 0 Å². The smallest absolute Gasteiger partial charge is 0.170 e. The normalized spacial score (nSPS) is 17.2. The van der Waals surface area contributed by atoms with Gasteiger partial charge >= 0.3 is 0 Å². The third-order valence-electron chi connectivity index (χ3n) is 4.11. The van der Waals surface area contributed by atoms with Gasteiger partial charge in [0.05, 0.1) is 14.2 Å². The number of methoxy groups -OCH3 is 2. The number of rotatable bonds is 3. The van der Waals surface area contributed by atoms with Crippen LogP contribution in [0.5, 0.6) is 11.5 Å². The Morgan fingerprint density at radius 1 is 0.952 bits per heavy atom. The molecule has 0 amide bonds. The van der Waals surface area contributed by atoms with Crippen LogP contribution in [0.15, 0.2) is 42.5 Å². The van der Waals surface area contributed by atoms with E-state index in [1.165, 1.54) is 0 Å². The van der Waals surface area contributed by atoms with E-state index in [4.69, 9.17) is 9.47 Å². The van der Waals surface area contributed by atoms with Gasteiger partial charge in [0.15, 0.2) is 5.78 Å². The maximum atomic E-state index is 12.7. The second-order valence-corrected chi connectivity index (χ2v) is 5.25. The van der Waals surface area contributed by atoms with E-state index in [-0.39, 0.29) is 11.7 Å². The molecule has 1 aliphatic rings. The molecule has 0 saturated heterocycles. The number of carbonyl (C=O) groups is 1. The van der Waals surface area contributed by atoms with Gasteiger partial charge in [-0.05, 0) is 54.3 Å². The highest BCUT2D eigenvalue weighted by molar-refractivity contribution is 6.03. The van der Waals surface area contributed by atoms with Crippen molar-refractivity contribution in [2.24, 2.45) is 0 Å². The van der Waals surface area contributed by atoms with E-state index in [2.05, 4.69) is 0 Å². The van der Waals surface area contributed by atoms with Crippen molar-refractivity contribution in [3.8, 4) is 11.5 Å². The van der Waals surface area contributed by atoms with Gasteiger partial charge in [0.1, 0.15) is 11.5 Å². The molecule has 0 N–H and O–H groups in total. The summed E-state index contributed by atoms with van der Waals surface area (Å²) >= 11 is 0. The Bertz CT molecular complexity index is 659. The van der Waals surface area contributed by atoms with Gasteiger partial charge in [0.25, 0.3) is 0 Å². The predicted octanol–water partition coefficient (Wildman–Crippen LogP) is 3.62. The Morgan fingerprint density at radius 3 is 2.29 bits per heavy atom. The summed E-state index contributed by atoms with van der Waals surface area (Å²) in [7, 11) is 3.29. The molecular formula is C18H18O3. The minimum absolute atomic E-state index is 0.0585. The third-order valence-corrected chi connectivity index (χ3v) is 4.11. The summed E-state index contributed by atoms with van der Waals surface area (Å²) in [4.78, 5) is 12.7. The van der Waals surface area contributed by atoms with E-state index < -0.39 is 0 Å². The Kier molecular flexibility index (Phi) is 3.65. The van der Waals surface area contributed by atoms with Crippen molar-refractivity contribution >= 4 is 5.78 Å². The molecule has 0 saturated carbocycles. The zero-order valence-corrected chi connectivity index (χ0v) is 12.3. The SMILES string of the molecule is COc1ccc(C2CCc3cc(OC)ccc3C2=O)cc1. The first-order valence-electron chi connectivity index (χ1n) is 7.08. The Morgan fingerprint density at radius 2 is 1.62 bits per heavy atom. The summed E-state index contributed by atoms with van der Waals surface area (Å²) in [6, 6.07) is 13.5. The number of Topliss-reactive ketones (excluding diaryl/α,β-unsaturated/α-hetero) is 1. The van der Waals surface area contributed by atoms with Gasteiger partial charge in [0.2, 0.25) is 0 Å². The lowest BCUT2D eigenvalue weighted by molar-refractivity contribution is 0.0946. The van der Waals surface area contributed by atoms with Crippen molar-refractivity contribution in [1.29, 1.82) is 0 Å². The minimum Gasteiger partial charge on any atom is -0.497 e. The van der Waals surface area contributed by atoms with Crippen LogP contribution in [0, 0.1) is 0 Å². The molecular weight excluding hydrogens is 264 g/mol. The number of carbonyl (C=O) groups excluding carboxylic acids is 1. The second-order valence-electron chi connectivity index (χ2n) is 5.25. The molecule has 0 aromatic heterocycles. The Balaban J connectivity index is 1.90. The molecule has 2 aromatic rings. The third kappa shape index (κ3) is 2.51. The first-order valence-corrected chi connectivity index (χ1v) is 7.08. The molecule has 1 unspecified atom stereocenters. The molecule has 3 rings (SSSR count). The molecule has 0 spiro atoms. The number of ether oxygens (including phenoxy) is 2. The molecule has 1 aliphatic carbocycles. The topological polar surface area (TPSA) is 35.5 Å². The molecule has 0 fully saturated rings. The molecule has 3 nitrogen and oxygen atoms in total. The molecule has 108 valence electrons. The monoisotopic (exact) mass is 282 g/mol. The summed E-state index contributed by atoms with van der Waals surface area (Å²) < 4.78 is 10.4. The van der Waals surface area contributed by atoms with Gasteiger partial charge in [-0.25, -0.2) is 0 Å². The second kappa shape index (κ2) is 5.60. The van der Waals surface area contributed by atoms with Crippen LogP contribution in [0.3, 0.4) is 0 Å². The molecule has 21 heavy (non-hydrogen) atoms. The molecule has 2 aromatic carbocycles. The van der Waals surface area contributed by atoms with Gasteiger partial charge in [-0.2, -0.15) is 0 Å². The van der Waals surface area contributed by atoms with Crippen LogP contribution in [0.25, 0.3) is 0 Å². The van der Waals surface area contributed by atoms with E-state index >= 15 is 0 Å². The highest BCUT2D eigenvalue weighted by Crippen LogP contribution is 2.34. The predicted molar refractivity (Wildman–Crippen MR) is 81.4 cm³/mol. The fourth-order valence-electron chi connectivity index (χ4n) is 2.92. The number of ketones is 1. The van der Waals surface area contributed by atoms with Crippen molar-refractivity contribution in [1.82, 2.24) is 0 Å². The lowest BCUT2D eigenvalue weighted by Gasteiger charge is -2.24. The van der Waals surface area contributed by atoms with Gasteiger partial charge < -0.3 is 9.47 Å². The fourth-order valence-corrected chi connectivity index (χ4v) is 2.92. The highest BCUT2D eigenvalue weighted by atomic mass is 16.5. The van der Waals surface area contributed by atoms with Crippen molar-refractivity contribution in [2.75, 3.05) is 14.2 Å². The van der Waals surface area contributed by atoms with Crippen LogP contribution in [0.1, 0.15) is 33.8 Å². The quantitative estimate of drug-likeness (QED) is 0.862. The molecule has 0 radical (unpaired) electrons. The largest absolute Gasteiger partial charge is 0.497 e. The minimum atomic E-state index is -0.0585. The Hall–Kier alpha value is -2.29. The average molecular weight is 282 g/mol. The first-order chi connectivity index (χ1) is 10.2. The lowest BCUT2D eigenvalue weighted by atomic mass is 9.79. The van der Waals surface area contributed by atoms with Crippen LogP contribution >= 0.6 is 0 Å². The van der Waals surface area contributed by atoms with Gasteiger partial charge in [-0.1, -0.05) is 12.1 Å². The highest BCUT2D eigenvalue weighted by Gasteiger charge is 2.28. The summed E-state index contributed by atoms with van der Waals surface area (Å²) in [5.74, 6) is 1.76. The molecule has 3 heteroatoms. The van der Waals surface area contributed by atoms with Crippen molar-refractivity contribution in [2.45, 2.75) is 18.8 Å². The van der Waals surface area contributed by atoms with Gasteiger partial charge in [-0.3, -0.25) is 4.79 Å². The van der Waals surface area contributed by atoms with Crippen LogP contribution < -0.4 is 9.47 Å². The van der Waals surface area contributed by atoms with E-state index in [1.54, 1.807) is 14.2 Å². The molecule has 0 bridgehead atoms. The maximum absolute atomic E-state index is 12.7. The number of hydrogen-bond acceptors (Lipinski definition) is 3. The van der Waals surface area contributed by atoms with E-state index in [1.807, 2.05) is 42.5 Å². The van der Waals surface area contributed by atoms with Crippen LogP contribution in [0.4, 0.5) is 0 Å². The summed E-state index contributed by atoms with van der Waals surface area (Å²) in [6.07, 6.45) is 1.74. The van der Waals surface area contributed by atoms with Crippen LogP contribution in [-0.4, -0.2) is 20.0 Å². The lowest BCUT2D eigenvalue weighted by Crippen LogP contribution is -2.20. The zero-order valence-electron chi connectivity index (χ0n) is 12.3. The first kappa shape index (κ1) is 13.7. The number of hydrogen-bond donors (Lipinski definition) is 0. The van der Waals surface area contributed by atoms with Crippen molar-refractivity contribution < 1.29 is 14.3 Å². The summed E-state index contributed by atoms with van der Waals surface area (Å²) in [6.45, 7) is 0. The zero-order chi connectivity index (χ0) is 14.8. The number of aryl methyl sites for hydroxylation is 1. The van der Waals surface area contributed by atoms with E-state index in [9.17, 15) is 4.79 Å². The Labute approximate surface area is 124 Å². The van der Waals surface area contributed by atoms with Crippen LogP contribution in [0.2, 0.25) is 0 Å². The van der Waals surface area contributed by atoms with Crippen molar-refractivity contribution in [3.05, 3.63) is 59.2 Å². The molecule has 0 heterocycles. The van der Waals surface area contributed by atoms with E-state index in [0.29, 0.717) is 0 Å². The summed E-state index contributed by atoms with van der Waals surface area (Å²) in [5, 5.41) is 0. The van der Waals surface area contributed by atoms with Crippen LogP contribution in [-0.2, 0) is 6.42 Å². The van der Waals surface area contributed by atoms with Crippen molar-refractivity contribution in [3.63, 3.8) is 0 Å². The molecule has 0 aliphatic heterocycles. The maximum Gasteiger partial charge on any atom is 0.170 e. The van der Waals surface area contributed by atoms with E-state index in [0.717, 1.165) is 41.0 Å². The average Bonchev–Trinajstić information content (AvgIpc) is 2.55. The standard InChI is InChI=1S/C18H18O3/c1-20-14-6-3-12(4-7-14)16-9-5-13-11-15(21-2)8-10-17(13)18(16)19/h3-4,6-8,10-11,16H,5,9H2,1-2H3. The fraction of sp³-hybridized carbons (Fsp3) is 0.278. The summed E-state index contributed by atoms with van der Waals surface area (Å²) in [5.41, 5.74) is 2.97. The molecule has 1 atom stereocenters. The van der Waals surface area contributed by atoms with Gasteiger partial charge in [0, 0.05) is 11.5 Å². The number of benzene rings is 2.